The minimum absolute atomic E-state index is 0.0952. The fourth-order valence-corrected chi connectivity index (χ4v) is 9.85. The zero-order chi connectivity index (χ0) is 41.7. The molecule has 2 aromatic carbocycles. The molecule has 11 nitrogen and oxygen atoms in total. The van der Waals surface area contributed by atoms with Crippen LogP contribution in [0.1, 0.15) is 62.5 Å². The quantitative estimate of drug-likeness (QED) is 0.148. The molecular formula is C41H32F7N9O2S. The van der Waals surface area contributed by atoms with Crippen LogP contribution in [0, 0.1) is 17.6 Å². The van der Waals surface area contributed by atoms with Crippen molar-refractivity contribution in [3.63, 3.8) is 0 Å². The second kappa shape index (κ2) is 14.0. The van der Waals surface area contributed by atoms with E-state index in [1.165, 1.54) is 11.3 Å². The smallest absolute Gasteiger partial charge is 0.368 e. The number of aromatic nitrogens is 5. The maximum Gasteiger partial charge on any atom is 0.435 e. The molecule has 0 bridgehead atoms. The zero-order valence-electron chi connectivity index (χ0n) is 31.2. The standard InChI is InChI=1S/C41H32F7N9O2S/c42-21-12-20(13-22(43)15-21)14-30(51-32(58)19-57-36-33(35(54-57)41(46,47)48)27-16-29(27)40(36,44)45)34-26(24-2-1-3-25-28(24)18-50-38(25)59)17-31-37(52-34)53-39(60-31)56-10-8-55(9-11-56)23-4-6-49-7-5-23/h1-7,12-13,15,17,27,29-30H,8-11,14,16,18-19H2,(H,50,59)(H,51,58)/t27-,29+,30-/m0/s1. The highest BCUT2D eigenvalue weighted by Gasteiger charge is 2.68. The first kappa shape index (κ1) is 38.1. The predicted octanol–water partition coefficient (Wildman–Crippen LogP) is 7.13. The lowest BCUT2D eigenvalue weighted by molar-refractivity contribution is -0.142. The maximum absolute atomic E-state index is 15.5. The number of thiazole rings is 1. The Morgan fingerprint density at radius 1 is 0.950 bits per heavy atom. The minimum Gasteiger partial charge on any atom is -0.368 e. The first-order valence-corrected chi connectivity index (χ1v) is 20.0. The third-order valence-electron chi connectivity index (χ3n) is 11.6. The van der Waals surface area contributed by atoms with Gasteiger partial charge in [0.1, 0.15) is 23.9 Å². The second-order valence-electron chi connectivity index (χ2n) is 15.4. The number of piperazine rings is 1. The molecule has 3 atom stereocenters. The van der Waals surface area contributed by atoms with Gasteiger partial charge in [0.05, 0.1) is 16.4 Å². The number of amides is 2. The van der Waals surface area contributed by atoms with E-state index in [4.69, 9.17) is 9.97 Å². The molecule has 2 fully saturated rings. The van der Waals surface area contributed by atoms with E-state index in [9.17, 15) is 31.5 Å². The van der Waals surface area contributed by atoms with Gasteiger partial charge < -0.3 is 20.4 Å². The van der Waals surface area contributed by atoms with Gasteiger partial charge in [-0.15, -0.1) is 0 Å². The molecule has 19 heteroatoms. The molecule has 0 radical (unpaired) electrons. The molecule has 0 spiro atoms. The highest BCUT2D eigenvalue weighted by molar-refractivity contribution is 7.22. The number of alkyl halides is 5. The van der Waals surface area contributed by atoms with Gasteiger partial charge >= 0.3 is 6.18 Å². The Morgan fingerprint density at radius 3 is 2.40 bits per heavy atom. The molecule has 60 heavy (non-hydrogen) atoms. The lowest BCUT2D eigenvalue weighted by Gasteiger charge is -2.35. The van der Waals surface area contributed by atoms with E-state index in [0.717, 1.165) is 17.8 Å². The maximum atomic E-state index is 15.5. The third-order valence-corrected chi connectivity index (χ3v) is 12.7. The summed E-state index contributed by atoms with van der Waals surface area (Å²) in [5.41, 5.74) is 0.675. The van der Waals surface area contributed by atoms with E-state index in [-0.39, 0.29) is 42.2 Å². The van der Waals surface area contributed by atoms with E-state index < -0.39 is 71.0 Å². The summed E-state index contributed by atoms with van der Waals surface area (Å²) in [5, 5.41) is 9.73. The Morgan fingerprint density at radius 2 is 1.67 bits per heavy atom. The Balaban J connectivity index is 1.05. The lowest BCUT2D eigenvalue weighted by Crippen LogP contribution is -2.46. The van der Waals surface area contributed by atoms with E-state index in [1.807, 2.05) is 18.2 Å². The number of anilines is 2. The van der Waals surface area contributed by atoms with Crippen LogP contribution in [-0.2, 0) is 36.4 Å². The molecule has 2 aliphatic carbocycles. The normalized spacial score (nSPS) is 19.6. The van der Waals surface area contributed by atoms with Crippen molar-refractivity contribution in [3.8, 4) is 11.1 Å². The lowest BCUT2D eigenvalue weighted by atomic mass is 9.91. The number of carbonyl (C=O) groups is 2. The molecule has 10 rings (SSSR count). The van der Waals surface area contributed by atoms with Crippen LogP contribution in [0.25, 0.3) is 21.5 Å². The van der Waals surface area contributed by atoms with Crippen molar-refractivity contribution in [2.24, 2.45) is 5.92 Å². The number of nitrogens with zero attached hydrogens (tertiary/aromatic N) is 7. The van der Waals surface area contributed by atoms with Crippen LogP contribution in [0.5, 0.6) is 0 Å². The van der Waals surface area contributed by atoms with Gasteiger partial charge in [0, 0.05) is 79.5 Å². The average Bonchev–Trinajstić information content (AvgIpc) is 3.43. The summed E-state index contributed by atoms with van der Waals surface area (Å²) >= 11 is 1.39. The van der Waals surface area contributed by atoms with Gasteiger partial charge in [0.15, 0.2) is 16.5 Å². The molecule has 2 aliphatic heterocycles. The van der Waals surface area contributed by atoms with Crippen molar-refractivity contribution < 1.29 is 40.3 Å². The number of hydrogen-bond acceptors (Lipinski definition) is 9. The van der Waals surface area contributed by atoms with Crippen LogP contribution >= 0.6 is 11.3 Å². The van der Waals surface area contributed by atoms with Gasteiger partial charge in [-0.3, -0.25) is 19.3 Å². The summed E-state index contributed by atoms with van der Waals surface area (Å²) in [5.74, 6) is -9.05. The molecule has 1 saturated carbocycles. The third kappa shape index (κ3) is 6.58. The number of rotatable bonds is 9. The largest absolute Gasteiger partial charge is 0.435 e. The number of benzene rings is 2. The first-order chi connectivity index (χ1) is 28.7. The molecule has 308 valence electrons. The first-order valence-electron chi connectivity index (χ1n) is 19.2. The van der Waals surface area contributed by atoms with Crippen molar-refractivity contribution in [3.05, 3.63) is 118 Å². The summed E-state index contributed by atoms with van der Waals surface area (Å²) in [6.45, 7) is 1.85. The van der Waals surface area contributed by atoms with Crippen LogP contribution in [0.4, 0.5) is 41.6 Å². The topological polar surface area (TPSA) is 121 Å². The zero-order valence-corrected chi connectivity index (χ0v) is 32.1. The van der Waals surface area contributed by atoms with Crippen LogP contribution in [0.15, 0.2) is 67.0 Å². The minimum atomic E-state index is -5.04. The molecule has 4 aromatic heterocycles. The van der Waals surface area contributed by atoms with Gasteiger partial charge in [-0.2, -0.15) is 32.0 Å². The van der Waals surface area contributed by atoms with Crippen LogP contribution in [0.2, 0.25) is 0 Å². The Labute approximate surface area is 340 Å². The molecule has 2 amide bonds. The molecular weight excluding hydrogens is 816 g/mol. The molecule has 6 aromatic rings. The van der Waals surface area contributed by atoms with E-state index >= 15 is 8.78 Å². The highest BCUT2D eigenvalue weighted by Crippen LogP contribution is 2.68. The number of pyridine rings is 2. The van der Waals surface area contributed by atoms with E-state index in [1.54, 1.807) is 30.6 Å². The summed E-state index contributed by atoms with van der Waals surface area (Å²) in [6.07, 6.45) is -1.97. The summed E-state index contributed by atoms with van der Waals surface area (Å²) in [4.78, 5) is 45.1. The Kier molecular flexibility index (Phi) is 8.89. The highest BCUT2D eigenvalue weighted by atomic mass is 32.1. The average molecular weight is 848 g/mol. The van der Waals surface area contributed by atoms with Gasteiger partial charge in [0.25, 0.3) is 11.8 Å². The molecule has 1 saturated heterocycles. The molecule has 6 heterocycles. The van der Waals surface area contributed by atoms with Crippen molar-refractivity contribution in [1.29, 1.82) is 0 Å². The summed E-state index contributed by atoms with van der Waals surface area (Å²) < 4.78 is 104. The van der Waals surface area contributed by atoms with Gasteiger partial charge in [-0.1, -0.05) is 23.5 Å². The SMILES string of the molecule is O=C(Cn1nc(C(F)(F)F)c2c1C(F)(F)[C@@H]1C[C@H]21)N[C@@H](Cc1cc(F)cc(F)c1)c1nc2nc(N3CCN(c4ccncc4)CC3)sc2cc1-c1cccc2c1CNC2=O. The fraction of sp³-hybridized carbons (Fsp3) is 0.317. The van der Waals surface area contributed by atoms with Gasteiger partial charge in [-0.25, -0.2) is 13.8 Å². The number of halogens is 7. The van der Waals surface area contributed by atoms with Crippen LogP contribution in [0.3, 0.4) is 0 Å². The van der Waals surface area contributed by atoms with E-state index in [0.29, 0.717) is 69.0 Å². The molecule has 0 unspecified atom stereocenters. The summed E-state index contributed by atoms with van der Waals surface area (Å²) in [7, 11) is 0. The molecule has 2 N–H and O–H groups in total. The van der Waals surface area contributed by atoms with Crippen molar-refractivity contribution in [2.75, 3.05) is 36.0 Å². The van der Waals surface area contributed by atoms with Crippen molar-refractivity contribution in [2.45, 2.75) is 50.0 Å². The number of carbonyl (C=O) groups excluding carboxylic acids is 2. The number of nitrogens with one attached hydrogen (secondary N) is 2. The second-order valence-corrected chi connectivity index (χ2v) is 16.4. The van der Waals surface area contributed by atoms with Crippen LogP contribution < -0.4 is 20.4 Å². The Bertz CT molecular complexity index is 2690. The van der Waals surface area contributed by atoms with Crippen LogP contribution in [-0.4, -0.2) is 62.7 Å². The predicted molar refractivity (Wildman–Crippen MR) is 206 cm³/mol. The monoisotopic (exact) mass is 847 g/mol. The Hall–Kier alpha value is -6.11. The number of hydrogen-bond donors (Lipinski definition) is 2. The van der Waals surface area contributed by atoms with Gasteiger partial charge in [-0.05, 0) is 71.8 Å². The summed E-state index contributed by atoms with van der Waals surface area (Å²) in [6, 6.07) is 12.4. The number of fused-ring (bicyclic) bond motifs is 5. The molecule has 4 aliphatic rings. The fourth-order valence-electron chi connectivity index (χ4n) is 8.85. The van der Waals surface area contributed by atoms with Gasteiger partial charge in [0.2, 0.25) is 5.91 Å². The van der Waals surface area contributed by atoms with E-state index in [2.05, 4.69) is 30.5 Å². The van der Waals surface area contributed by atoms with Crippen molar-refractivity contribution in [1.82, 2.24) is 35.4 Å². The van der Waals surface area contributed by atoms with Crippen molar-refractivity contribution >= 4 is 44.3 Å².